The van der Waals surface area contributed by atoms with Crippen LogP contribution in [0.15, 0.2) is 12.7 Å². The molecule has 5 nitrogen and oxygen atoms in total. The molecule has 5 heteroatoms. The van der Waals surface area contributed by atoms with Crippen LogP contribution in [-0.2, 0) is 23.7 Å². The normalized spacial score (nSPS) is 26.8. The molecule has 0 spiro atoms. The Morgan fingerprint density at radius 2 is 2.07 bits per heavy atom. The van der Waals surface area contributed by atoms with Gasteiger partial charge in [-0.05, 0) is 0 Å². The zero-order chi connectivity index (χ0) is 11.8. The molecular weight excluding hydrogens is 200 g/mol. The average molecular weight is 217 g/mol. The maximum Gasteiger partial charge on any atom is 0.329 e. The van der Waals surface area contributed by atoms with Gasteiger partial charge in [0.15, 0.2) is 0 Å². The quantitative estimate of drug-likeness (QED) is 0.372. The van der Waals surface area contributed by atoms with Crippen LogP contribution >= 0.6 is 0 Å². The minimum Gasteiger partial charge on any atom is -0.466 e. The van der Waals surface area contributed by atoms with Crippen LogP contribution < -0.4 is 0 Å². The molecule has 2 aliphatic rings. The van der Waals surface area contributed by atoms with Gasteiger partial charge in [0, 0.05) is 6.08 Å². The maximum absolute atomic E-state index is 9.95. The molecule has 0 aliphatic carbocycles. The summed E-state index contributed by atoms with van der Waals surface area (Å²) in [5.74, 6) is -0.546. The summed E-state index contributed by atoms with van der Waals surface area (Å²) in [5.41, 5.74) is 0. The number of methoxy groups -OCH3 is 1. The molecule has 0 bridgehead atoms. The van der Waals surface area contributed by atoms with Gasteiger partial charge in [-0.15, -0.1) is 0 Å². The second-order valence-corrected chi connectivity index (χ2v) is 3.12. The first kappa shape index (κ1) is 10.6. The van der Waals surface area contributed by atoms with E-state index in [2.05, 4.69) is 11.3 Å². The topological polar surface area (TPSA) is 60.6 Å². The van der Waals surface area contributed by atoms with Crippen LogP contribution in [-0.4, -0.2) is 51.7 Å². The van der Waals surface area contributed by atoms with Crippen molar-refractivity contribution in [2.24, 2.45) is 0 Å². The number of carbonyl (C=O) groups is 1. The van der Waals surface area contributed by atoms with Gasteiger partial charge in [-0.25, -0.2) is 4.79 Å². The number of epoxide rings is 2. The first-order valence-electron chi connectivity index (χ1n) is 5.36. The highest BCUT2D eigenvalue weighted by Crippen LogP contribution is 2.12. The van der Waals surface area contributed by atoms with Crippen LogP contribution in [0.4, 0.5) is 0 Å². The van der Waals surface area contributed by atoms with Crippen LogP contribution in [0.3, 0.4) is 0 Å². The van der Waals surface area contributed by atoms with E-state index in [-0.39, 0.29) is 7.09 Å². The number of ether oxygens (including phenoxy) is 4. The summed E-state index contributed by atoms with van der Waals surface area (Å²) in [6.45, 7) is 6.38. The Kier molecular flexibility index (Phi) is 4.63. The fraction of sp³-hybridized carbons (Fsp3) is 0.700. The molecule has 0 N–H and O–H groups in total. The van der Waals surface area contributed by atoms with E-state index in [0.29, 0.717) is 12.2 Å². The molecule has 0 amide bonds. The van der Waals surface area contributed by atoms with Crippen molar-refractivity contribution in [2.75, 3.05) is 33.5 Å². The summed E-state index contributed by atoms with van der Waals surface area (Å²) in [4.78, 5) is 9.95. The van der Waals surface area contributed by atoms with E-state index in [1.165, 1.54) is 0 Å². The number of hydrogen-bond acceptors (Lipinski definition) is 5. The highest BCUT2D eigenvalue weighted by atomic mass is 16.6. The van der Waals surface area contributed by atoms with Gasteiger partial charge >= 0.3 is 5.97 Å². The molecule has 0 aromatic carbocycles. The highest BCUT2D eigenvalue weighted by molar-refractivity contribution is 5.80. The molecule has 15 heavy (non-hydrogen) atoms. The molecule has 86 valence electrons. The molecule has 2 fully saturated rings. The van der Waals surface area contributed by atoms with Crippen molar-refractivity contribution in [1.29, 1.82) is 0 Å². The van der Waals surface area contributed by atoms with Gasteiger partial charge in [0.05, 0.1) is 34.9 Å². The highest BCUT2D eigenvalue weighted by Gasteiger charge is 2.26. The van der Waals surface area contributed by atoms with Crippen molar-refractivity contribution in [3.8, 4) is 0 Å². The molecule has 2 rings (SSSR count). The van der Waals surface area contributed by atoms with Crippen molar-refractivity contribution in [3.05, 3.63) is 12.7 Å². The predicted molar refractivity (Wildman–Crippen MR) is 52.5 cm³/mol. The number of rotatable bonds is 5. The third-order valence-corrected chi connectivity index (χ3v) is 1.72. The van der Waals surface area contributed by atoms with Gasteiger partial charge in [-0.2, -0.15) is 0 Å². The largest absolute Gasteiger partial charge is 0.466 e. The third kappa shape index (κ3) is 7.07. The summed E-state index contributed by atoms with van der Waals surface area (Å²) in [6.07, 6.45) is 1.81. The minimum atomic E-state index is -0.546. The van der Waals surface area contributed by atoms with E-state index in [0.717, 1.165) is 32.5 Å². The second kappa shape index (κ2) is 6.55. The van der Waals surface area contributed by atoms with Crippen molar-refractivity contribution in [3.63, 3.8) is 0 Å². The molecule has 0 aromatic rings. The van der Waals surface area contributed by atoms with Gasteiger partial charge in [-0.3, -0.25) is 0 Å². The Labute approximate surface area is 90.3 Å². The zero-order valence-electron chi connectivity index (χ0n) is 9.52. The third-order valence-electron chi connectivity index (χ3n) is 1.72. The fourth-order valence-corrected chi connectivity index (χ4v) is 0.718. The summed E-state index contributed by atoms with van der Waals surface area (Å²) >= 11 is 0. The summed E-state index contributed by atoms with van der Waals surface area (Å²) < 4.78 is 25.6. The van der Waals surface area contributed by atoms with Crippen LogP contribution in [0.2, 0.25) is 0 Å². The molecular formula is C10H16O5. The van der Waals surface area contributed by atoms with E-state index < -0.39 is 5.97 Å². The minimum absolute atomic E-state index is 0.329. The first-order valence-corrected chi connectivity index (χ1v) is 4.65. The van der Waals surface area contributed by atoms with Crippen molar-refractivity contribution in [2.45, 2.75) is 12.2 Å². The van der Waals surface area contributed by atoms with Gasteiger partial charge in [0.25, 0.3) is 0 Å². The lowest BCUT2D eigenvalue weighted by Crippen LogP contribution is -2.06. The van der Waals surface area contributed by atoms with Crippen molar-refractivity contribution < 1.29 is 25.1 Å². The van der Waals surface area contributed by atoms with E-state index in [1.807, 2.05) is 0 Å². The Morgan fingerprint density at radius 3 is 2.33 bits per heavy atom. The Bertz CT molecular complexity index is 213. The lowest BCUT2D eigenvalue weighted by Gasteiger charge is -1.95. The second-order valence-electron chi connectivity index (χ2n) is 3.12. The van der Waals surface area contributed by atoms with Crippen LogP contribution in [0.25, 0.3) is 0 Å². The van der Waals surface area contributed by atoms with Gasteiger partial charge in [-0.1, -0.05) is 6.58 Å². The monoisotopic (exact) mass is 217 g/mol. The number of carbonyl (C=O) groups excluding carboxylic acids is 1. The molecule has 2 aliphatic heterocycles. The fourth-order valence-electron chi connectivity index (χ4n) is 0.718. The van der Waals surface area contributed by atoms with Gasteiger partial charge in [0.1, 0.15) is 12.2 Å². The molecule has 2 saturated heterocycles. The van der Waals surface area contributed by atoms with E-state index in [1.54, 1.807) is 0 Å². The summed E-state index contributed by atoms with van der Waals surface area (Å²) in [7, 11) is -0.329. The number of esters is 1. The molecule has 2 unspecified atom stereocenters. The first-order chi connectivity index (χ1) is 7.76. The van der Waals surface area contributed by atoms with E-state index in [4.69, 9.17) is 15.6 Å². The van der Waals surface area contributed by atoms with Crippen molar-refractivity contribution in [1.82, 2.24) is 0 Å². The molecule has 0 radical (unpaired) electrons. The van der Waals surface area contributed by atoms with E-state index in [9.17, 15) is 4.79 Å². The predicted octanol–water partition coefficient (Wildman–Crippen LogP) is 0.146. The number of hydrogen-bond donors (Lipinski definition) is 0. The Hall–Kier alpha value is -0.910. The smallest absolute Gasteiger partial charge is 0.329 e. The zero-order valence-corrected chi connectivity index (χ0v) is 8.52. The molecule has 0 saturated carbocycles. The van der Waals surface area contributed by atoms with Gasteiger partial charge in [0.2, 0.25) is 0 Å². The summed E-state index contributed by atoms with van der Waals surface area (Å²) in [5, 5.41) is 0. The molecule has 2 atom stereocenters. The molecule has 0 aromatic heterocycles. The van der Waals surface area contributed by atoms with Crippen molar-refractivity contribution >= 4 is 5.97 Å². The maximum atomic E-state index is 9.95. The van der Waals surface area contributed by atoms with Crippen LogP contribution in [0, 0.1) is 0 Å². The Morgan fingerprint density at radius 1 is 1.53 bits per heavy atom. The SMILES string of the molecule is C(OCC1CO1)C1CO1.[2H]COC(=O)C=C. The Balaban J connectivity index is 0.000000168. The average Bonchev–Trinajstić information content (AvgIpc) is 3.13. The van der Waals surface area contributed by atoms with Crippen LogP contribution in [0.1, 0.15) is 1.37 Å². The van der Waals surface area contributed by atoms with Crippen LogP contribution in [0.5, 0.6) is 0 Å². The van der Waals surface area contributed by atoms with Gasteiger partial charge < -0.3 is 18.9 Å². The lowest BCUT2D eigenvalue weighted by molar-refractivity contribution is -0.134. The standard InChI is InChI=1S/C6H10O3.C4H6O2/c1(5-3-8-5)7-2-6-4-9-6;1-3-4(5)6-2/h5-6H,1-4H2;3H,1H2,2H3/i;2D. The molecule has 2 heterocycles. The lowest BCUT2D eigenvalue weighted by atomic mass is 10.5. The summed E-state index contributed by atoms with van der Waals surface area (Å²) in [6, 6.07) is 0. The van der Waals surface area contributed by atoms with E-state index >= 15 is 0 Å².